The van der Waals surface area contributed by atoms with Crippen LogP contribution in [0.15, 0.2) is 23.9 Å². The van der Waals surface area contributed by atoms with E-state index in [4.69, 9.17) is 0 Å². The van der Waals surface area contributed by atoms with Crippen molar-refractivity contribution in [1.82, 2.24) is 9.88 Å². The number of Topliss-reactive ketones (excluding diaryl/α,β-unsaturated/α-hetero) is 1. The number of hydrogen-bond acceptors (Lipinski definition) is 4. The van der Waals surface area contributed by atoms with E-state index in [1.807, 2.05) is 19.9 Å². The monoisotopic (exact) mass is 353 g/mol. The number of nitrogens with zero attached hydrogens (tertiary/aromatic N) is 3. The van der Waals surface area contributed by atoms with Gasteiger partial charge in [-0.05, 0) is 36.8 Å². The number of likely N-dealkylation sites (tertiary alicyclic amines) is 1. The number of amides is 1. The molecular weight excluding hydrogens is 333 g/mol. The molecule has 1 aliphatic heterocycles. The second-order valence-electron chi connectivity index (χ2n) is 8.45. The predicted molar refractivity (Wildman–Crippen MR) is 91.6 cm³/mol. The molecule has 1 aromatic heterocycles. The van der Waals surface area contributed by atoms with Gasteiger partial charge in [-0.1, -0.05) is 19.9 Å². The summed E-state index contributed by atoms with van der Waals surface area (Å²) in [5.41, 5.74) is 0.273. The van der Waals surface area contributed by atoms with Crippen LogP contribution >= 0.6 is 0 Å². The molecule has 5 nitrogen and oxygen atoms in total. The summed E-state index contributed by atoms with van der Waals surface area (Å²) in [6.07, 6.45) is 5.36. The first kappa shape index (κ1) is 16.9. The fourth-order valence-corrected chi connectivity index (χ4v) is 4.38. The molecule has 0 radical (unpaired) electrons. The lowest BCUT2D eigenvalue weighted by Crippen LogP contribution is -2.61. The highest BCUT2D eigenvalue weighted by molar-refractivity contribution is 6.04. The van der Waals surface area contributed by atoms with E-state index in [2.05, 4.69) is 4.98 Å². The van der Waals surface area contributed by atoms with Crippen LogP contribution in [-0.2, 0) is 4.79 Å². The molecule has 1 spiro atoms. The van der Waals surface area contributed by atoms with Crippen LogP contribution in [0.4, 0.5) is 4.39 Å². The Hall–Kier alpha value is -2.55. The third-order valence-electron chi connectivity index (χ3n) is 5.63. The quantitative estimate of drug-likeness (QED) is 0.819. The molecule has 6 heteroatoms. The normalized spacial score (nSPS) is 23.2. The molecule has 26 heavy (non-hydrogen) atoms. The number of ketones is 1. The van der Waals surface area contributed by atoms with Crippen molar-refractivity contribution in [1.29, 1.82) is 5.26 Å². The van der Waals surface area contributed by atoms with Crippen molar-refractivity contribution >= 4 is 11.7 Å². The van der Waals surface area contributed by atoms with Gasteiger partial charge < -0.3 is 4.90 Å². The summed E-state index contributed by atoms with van der Waals surface area (Å²) in [5, 5.41) is 9.26. The van der Waals surface area contributed by atoms with Gasteiger partial charge in [-0.25, -0.2) is 9.37 Å². The summed E-state index contributed by atoms with van der Waals surface area (Å²) in [7, 11) is 0. The maximum atomic E-state index is 13.5. The van der Waals surface area contributed by atoms with E-state index in [1.54, 1.807) is 11.0 Å². The highest BCUT2D eigenvalue weighted by atomic mass is 19.1. The molecule has 134 valence electrons. The number of pyridine rings is 1. The molecule has 2 heterocycles. The lowest BCUT2D eigenvalue weighted by Gasteiger charge is -2.53. The fraction of sp³-hybridized carbons (Fsp3) is 0.500. The molecule has 2 fully saturated rings. The van der Waals surface area contributed by atoms with E-state index in [9.17, 15) is 19.2 Å². The first-order valence-corrected chi connectivity index (χ1v) is 8.87. The van der Waals surface area contributed by atoms with Crippen LogP contribution in [0, 0.1) is 28.0 Å². The van der Waals surface area contributed by atoms with Crippen molar-refractivity contribution in [3.05, 3.63) is 41.0 Å². The molecule has 0 unspecified atom stereocenters. The largest absolute Gasteiger partial charge is 0.335 e. The Balaban J connectivity index is 1.57. The molecular formula is C20H20FN3O2. The molecule has 1 saturated heterocycles. The van der Waals surface area contributed by atoms with Gasteiger partial charge in [-0.2, -0.15) is 5.26 Å². The number of nitriles is 1. The SMILES string of the molecule is CC1(C)CC2(C=C(C#N)C1=O)CN(C(=O)c1ncc(F)cc1C1CC1)C2. The molecule has 2 aliphatic carbocycles. The summed E-state index contributed by atoms with van der Waals surface area (Å²) in [6, 6.07) is 3.42. The standard InChI is InChI=1S/C20H20FN3O2/c1-19(2)9-20(6-13(7-22)17(19)25)10-24(11-20)18(26)16-15(12-3-4-12)5-14(21)8-23-16/h5-6,8,12H,3-4,9-11H2,1-2H3. The minimum Gasteiger partial charge on any atom is -0.335 e. The molecule has 1 amide bonds. The van der Waals surface area contributed by atoms with Crippen LogP contribution in [0.5, 0.6) is 0 Å². The number of hydrogen-bond donors (Lipinski definition) is 0. The lowest BCUT2D eigenvalue weighted by molar-refractivity contribution is -0.127. The van der Waals surface area contributed by atoms with Crippen LogP contribution in [0.2, 0.25) is 0 Å². The number of allylic oxidation sites excluding steroid dienone is 1. The maximum absolute atomic E-state index is 13.5. The van der Waals surface area contributed by atoms with E-state index in [0.29, 0.717) is 30.8 Å². The van der Waals surface area contributed by atoms with Gasteiger partial charge in [0, 0.05) is 23.9 Å². The number of halogens is 1. The number of aromatic nitrogens is 1. The third-order valence-corrected chi connectivity index (χ3v) is 5.63. The highest BCUT2D eigenvalue weighted by Crippen LogP contribution is 2.49. The van der Waals surface area contributed by atoms with E-state index < -0.39 is 11.2 Å². The summed E-state index contributed by atoms with van der Waals surface area (Å²) >= 11 is 0. The molecule has 0 N–H and O–H groups in total. The zero-order chi connectivity index (χ0) is 18.7. The zero-order valence-electron chi connectivity index (χ0n) is 14.9. The zero-order valence-corrected chi connectivity index (χ0v) is 14.9. The summed E-state index contributed by atoms with van der Waals surface area (Å²) < 4.78 is 13.5. The average molecular weight is 353 g/mol. The van der Waals surface area contributed by atoms with Crippen molar-refractivity contribution in [3.8, 4) is 6.07 Å². The average Bonchev–Trinajstić information content (AvgIpc) is 3.39. The Labute approximate surface area is 151 Å². The van der Waals surface area contributed by atoms with Crippen molar-refractivity contribution in [2.24, 2.45) is 10.8 Å². The van der Waals surface area contributed by atoms with Crippen molar-refractivity contribution in [3.63, 3.8) is 0 Å². The topological polar surface area (TPSA) is 74.1 Å². The molecule has 0 bridgehead atoms. The van der Waals surface area contributed by atoms with E-state index in [-0.39, 0.29) is 28.6 Å². The van der Waals surface area contributed by atoms with E-state index in [1.165, 1.54) is 6.07 Å². The van der Waals surface area contributed by atoms with Gasteiger partial charge in [0.25, 0.3) is 5.91 Å². The molecule has 3 aliphatic rings. The van der Waals surface area contributed by atoms with Crippen LogP contribution in [0.25, 0.3) is 0 Å². The summed E-state index contributed by atoms with van der Waals surface area (Å²) in [5.74, 6) is -0.521. The van der Waals surface area contributed by atoms with Gasteiger partial charge >= 0.3 is 0 Å². The Morgan fingerprint density at radius 3 is 2.69 bits per heavy atom. The van der Waals surface area contributed by atoms with Gasteiger partial charge in [0.1, 0.15) is 17.6 Å². The Morgan fingerprint density at radius 2 is 2.08 bits per heavy atom. The van der Waals surface area contributed by atoms with Gasteiger partial charge in [-0.3, -0.25) is 9.59 Å². The first-order valence-electron chi connectivity index (χ1n) is 8.87. The van der Waals surface area contributed by atoms with Crippen molar-refractivity contribution in [2.45, 2.75) is 39.0 Å². The summed E-state index contributed by atoms with van der Waals surface area (Å²) in [4.78, 5) is 30.9. The molecule has 0 aromatic carbocycles. The van der Waals surface area contributed by atoms with E-state index in [0.717, 1.165) is 19.0 Å². The van der Waals surface area contributed by atoms with Crippen molar-refractivity contribution < 1.29 is 14.0 Å². The number of carbonyl (C=O) groups excluding carboxylic acids is 2. The lowest BCUT2D eigenvalue weighted by atomic mass is 9.61. The van der Waals surface area contributed by atoms with Crippen LogP contribution in [0.1, 0.15) is 55.1 Å². The minimum absolute atomic E-state index is 0.133. The number of carbonyl (C=O) groups is 2. The maximum Gasteiger partial charge on any atom is 0.272 e. The third kappa shape index (κ3) is 2.63. The van der Waals surface area contributed by atoms with Gasteiger partial charge in [0.2, 0.25) is 0 Å². The molecule has 4 rings (SSSR count). The Morgan fingerprint density at radius 1 is 1.38 bits per heavy atom. The smallest absolute Gasteiger partial charge is 0.272 e. The van der Waals surface area contributed by atoms with Crippen LogP contribution in [0.3, 0.4) is 0 Å². The molecule has 1 aromatic rings. The van der Waals surface area contributed by atoms with Crippen LogP contribution in [-0.4, -0.2) is 34.7 Å². The second-order valence-corrected chi connectivity index (χ2v) is 8.45. The van der Waals surface area contributed by atoms with Gasteiger partial charge in [0.05, 0.1) is 11.8 Å². The number of rotatable bonds is 2. The van der Waals surface area contributed by atoms with Crippen molar-refractivity contribution in [2.75, 3.05) is 13.1 Å². The summed E-state index contributed by atoms with van der Waals surface area (Å²) in [6.45, 7) is 4.60. The Bertz CT molecular complexity index is 887. The minimum atomic E-state index is -0.609. The van der Waals surface area contributed by atoms with Crippen LogP contribution < -0.4 is 0 Å². The fourth-order valence-electron chi connectivity index (χ4n) is 4.38. The highest BCUT2D eigenvalue weighted by Gasteiger charge is 2.52. The predicted octanol–water partition coefficient (Wildman–Crippen LogP) is 2.99. The molecule has 1 saturated carbocycles. The van der Waals surface area contributed by atoms with Gasteiger partial charge in [-0.15, -0.1) is 0 Å². The second kappa shape index (κ2) is 5.47. The Kier molecular flexibility index (Phi) is 3.56. The molecule has 0 atom stereocenters. The first-order chi connectivity index (χ1) is 12.2. The van der Waals surface area contributed by atoms with E-state index >= 15 is 0 Å². The van der Waals surface area contributed by atoms with Gasteiger partial charge in [0.15, 0.2) is 5.78 Å².